The number of imidazole rings is 1. The zero-order valence-electron chi connectivity index (χ0n) is 21.5. The zero-order valence-corrected chi connectivity index (χ0v) is 25.3. The summed E-state index contributed by atoms with van der Waals surface area (Å²) in [5, 5.41) is 25.8. The average molecular weight is 687 g/mol. The minimum absolute atomic E-state index is 0. The van der Waals surface area contributed by atoms with Crippen molar-refractivity contribution in [2.75, 3.05) is 35.0 Å². The Morgan fingerprint density at radius 1 is 0.810 bits per heavy atom. The van der Waals surface area contributed by atoms with Crippen molar-refractivity contribution in [2.24, 2.45) is 0 Å². The van der Waals surface area contributed by atoms with Crippen molar-refractivity contribution in [1.29, 1.82) is 0 Å². The summed E-state index contributed by atoms with van der Waals surface area (Å²) in [6.07, 6.45) is 2.64. The number of hydrogen-bond acceptors (Lipinski definition) is 8. The molecule has 226 valence electrons. The van der Waals surface area contributed by atoms with E-state index in [1.165, 1.54) is 52.1 Å². The second kappa shape index (κ2) is 15.1. The SMILES string of the molecule is COC(=O)Nc1c(Cl)cc(N(O)C(=O)Cn2cc[n+](CC(=O)N(O)c3cc(Cl)c(NC(=O)OC)c(Cl)c3)c2)cc1Cl.[Cl-]. The number of hydrogen-bond donors (Lipinski definition) is 4. The summed E-state index contributed by atoms with van der Waals surface area (Å²) >= 11 is 24.4. The van der Waals surface area contributed by atoms with Crippen molar-refractivity contribution < 1.29 is 56.0 Å². The summed E-state index contributed by atoms with van der Waals surface area (Å²) < 4.78 is 11.7. The number of methoxy groups -OCH3 is 2. The standard InChI is InChI=1S/C23H20Cl4N6O8.ClH/c1-40-22(36)28-20-14(24)5-12(6-15(20)25)32(38)18(34)9-30-3-4-31(11-30)10-19(35)33(39)13-7-16(26)21(17(27)8-13)29-23(37)41-2;/h3-8,11,38-39H,9-10H2,1-2H3,(H-,28,29,36,37);1H. The molecule has 0 aliphatic carbocycles. The van der Waals surface area contributed by atoms with Crippen LogP contribution < -0.4 is 37.7 Å². The van der Waals surface area contributed by atoms with Crippen molar-refractivity contribution in [3.05, 3.63) is 63.1 Å². The van der Waals surface area contributed by atoms with Crippen LogP contribution in [-0.4, -0.2) is 53.2 Å². The van der Waals surface area contributed by atoms with Crippen LogP contribution in [0, 0.1) is 0 Å². The van der Waals surface area contributed by atoms with Gasteiger partial charge in [-0.15, -0.1) is 0 Å². The maximum absolute atomic E-state index is 12.6. The van der Waals surface area contributed by atoms with E-state index in [9.17, 15) is 29.6 Å². The smallest absolute Gasteiger partial charge is 0.411 e. The average Bonchev–Trinajstić information content (AvgIpc) is 3.37. The zero-order chi connectivity index (χ0) is 30.4. The van der Waals surface area contributed by atoms with Gasteiger partial charge in [-0.25, -0.2) is 18.7 Å². The highest BCUT2D eigenvalue weighted by molar-refractivity contribution is 6.41. The molecule has 0 saturated carbocycles. The largest absolute Gasteiger partial charge is 1.00 e. The summed E-state index contributed by atoms with van der Waals surface area (Å²) in [6, 6.07) is 4.82. The number of rotatable bonds is 8. The third kappa shape index (κ3) is 8.51. The van der Waals surface area contributed by atoms with E-state index in [-0.39, 0.29) is 68.3 Å². The highest BCUT2D eigenvalue weighted by Crippen LogP contribution is 2.36. The molecule has 1 heterocycles. The van der Waals surface area contributed by atoms with E-state index in [1.807, 2.05) is 0 Å². The molecule has 0 saturated heterocycles. The Labute approximate surface area is 264 Å². The van der Waals surface area contributed by atoms with E-state index in [1.54, 1.807) is 0 Å². The van der Waals surface area contributed by atoms with Gasteiger partial charge in [0, 0.05) is 0 Å². The molecule has 0 fully saturated rings. The first kappa shape index (κ1) is 34.7. The number of nitrogens with one attached hydrogen (secondary N) is 2. The summed E-state index contributed by atoms with van der Waals surface area (Å²) in [6.45, 7) is -0.727. The van der Waals surface area contributed by atoms with Gasteiger partial charge in [0.15, 0.2) is 13.1 Å². The Kier molecular flexibility index (Phi) is 12.5. The number of nitrogens with zero attached hydrogens (tertiary/aromatic N) is 4. The Morgan fingerprint density at radius 3 is 1.62 bits per heavy atom. The quantitative estimate of drug-likeness (QED) is 0.158. The second-order valence-electron chi connectivity index (χ2n) is 7.97. The van der Waals surface area contributed by atoms with Gasteiger partial charge in [0.1, 0.15) is 12.4 Å². The number of amides is 4. The Hall–Kier alpha value is -3.50. The fourth-order valence-corrected chi connectivity index (χ4v) is 4.41. The van der Waals surface area contributed by atoms with Crippen molar-refractivity contribution in [3.63, 3.8) is 0 Å². The van der Waals surface area contributed by atoms with E-state index in [0.717, 1.165) is 14.2 Å². The summed E-state index contributed by atoms with van der Waals surface area (Å²) in [5.74, 6) is -1.60. The molecule has 0 aliphatic heterocycles. The van der Waals surface area contributed by atoms with Gasteiger partial charge in [-0.3, -0.25) is 30.6 Å². The molecule has 0 bridgehead atoms. The van der Waals surface area contributed by atoms with Crippen molar-refractivity contribution in [1.82, 2.24) is 4.57 Å². The summed E-state index contributed by atoms with van der Waals surface area (Å²) in [7, 11) is 2.30. The molecule has 0 spiro atoms. The molecule has 19 heteroatoms. The maximum Gasteiger partial charge on any atom is 0.411 e. The van der Waals surface area contributed by atoms with Gasteiger partial charge in [0.25, 0.3) is 11.8 Å². The fourth-order valence-electron chi connectivity index (χ4n) is 3.27. The lowest BCUT2D eigenvalue weighted by molar-refractivity contribution is -0.683. The first-order chi connectivity index (χ1) is 19.3. The van der Waals surface area contributed by atoms with Gasteiger partial charge in [-0.1, -0.05) is 46.4 Å². The first-order valence-corrected chi connectivity index (χ1v) is 12.6. The van der Waals surface area contributed by atoms with E-state index in [0.29, 0.717) is 10.1 Å². The van der Waals surface area contributed by atoms with Gasteiger partial charge < -0.3 is 21.9 Å². The number of anilines is 4. The lowest BCUT2D eigenvalue weighted by Crippen LogP contribution is -3.00. The normalized spacial score (nSPS) is 10.3. The monoisotopic (exact) mass is 684 g/mol. The van der Waals surface area contributed by atoms with Crippen molar-refractivity contribution >= 4 is 93.2 Å². The van der Waals surface area contributed by atoms with Crippen LogP contribution in [0.2, 0.25) is 20.1 Å². The maximum atomic E-state index is 12.6. The highest BCUT2D eigenvalue weighted by Gasteiger charge is 2.23. The van der Waals surface area contributed by atoms with Gasteiger partial charge in [-0.2, -0.15) is 10.1 Å². The van der Waals surface area contributed by atoms with E-state index >= 15 is 0 Å². The first-order valence-electron chi connectivity index (χ1n) is 11.1. The second-order valence-corrected chi connectivity index (χ2v) is 9.60. The molecule has 0 atom stereocenters. The highest BCUT2D eigenvalue weighted by atomic mass is 35.5. The number of halogens is 5. The Balaban J connectivity index is 0.00000616. The van der Waals surface area contributed by atoms with Crippen LogP contribution in [0.5, 0.6) is 0 Å². The number of hydroxylamine groups is 2. The van der Waals surface area contributed by atoms with Gasteiger partial charge in [-0.05, 0) is 24.3 Å². The molecule has 2 aromatic carbocycles. The van der Waals surface area contributed by atoms with Crippen molar-refractivity contribution in [3.8, 4) is 0 Å². The predicted octanol–water partition coefficient (Wildman–Crippen LogP) is 1.59. The van der Waals surface area contributed by atoms with Crippen LogP contribution in [0.1, 0.15) is 0 Å². The molecular formula is C23H21Cl5N6O8. The minimum atomic E-state index is -0.819. The van der Waals surface area contributed by atoms with Crippen LogP contribution in [-0.2, 0) is 32.2 Å². The van der Waals surface area contributed by atoms with Crippen LogP contribution >= 0.6 is 46.4 Å². The number of carbonyl (C=O) groups is 4. The molecule has 3 aromatic rings. The molecule has 14 nitrogen and oxygen atoms in total. The molecule has 0 aliphatic rings. The van der Waals surface area contributed by atoms with E-state index < -0.39 is 24.0 Å². The number of carbonyl (C=O) groups excluding carboxylic acids is 4. The molecule has 0 radical (unpaired) electrons. The van der Waals surface area contributed by atoms with Crippen molar-refractivity contribution in [2.45, 2.75) is 13.1 Å². The predicted molar refractivity (Wildman–Crippen MR) is 148 cm³/mol. The third-order valence-corrected chi connectivity index (χ3v) is 6.41. The summed E-state index contributed by atoms with van der Waals surface area (Å²) in [5.41, 5.74) is -0.0947. The molecule has 1 aromatic heterocycles. The van der Waals surface area contributed by atoms with Gasteiger partial charge in [0.2, 0.25) is 6.33 Å². The lowest BCUT2D eigenvalue weighted by Gasteiger charge is -2.17. The topological polar surface area (TPSA) is 167 Å². The van der Waals surface area contributed by atoms with E-state index in [2.05, 4.69) is 20.1 Å². The van der Waals surface area contributed by atoms with Gasteiger partial charge >= 0.3 is 12.2 Å². The van der Waals surface area contributed by atoms with E-state index in [4.69, 9.17) is 46.4 Å². The van der Waals surface area contributed by atoms with Crippen LogP contribution in [0.3, 0.4) is 0 Å². The molecule has 42 heavy (non-hydrogen) atoms. The summed E-state index contributed by atoms with van der Waals surface area (Å²) in [4.78, 5) is 48.2. The molecule has 0 unspecified atom stereocenters. The number of aromatic nitrogens is 2. The number of ether oxygens (including phenoxy) is 2. The van der Waals surface area contributed by atoms with Crippen LogP contribution in [0.4, 0.5) is 32.3 Å². The fraction of sp³-hybridized carbons (Fsp3) is 0.174. The van der Waals surface area contributed by atoms with Crippen LogP contribution in [0.25, 0.3) is 0 Å². The third-order valence-electron chi connectivity index (χ3n) is 5.22. The van der Waals surface area contributed by atoms with Crippen LogP contribution in [0.15, 0.2) is 43.0 Å². The molecule has 3 rings (SSSR count). The molecule has 4 amide bonds. The minimum Gasteiger partial charge on any atom is -1.00 e. The Bertz CT molecular complexity index is 1350. The lowest BCUT2D eigenvalue weighted by atomic mass is 10.2. The molecular weight excluding hydrogens is 666 g/mol. The number of benzene rings is 2. The molecule has 4 N–H and O–H groups in total. The Morgan fingerprint density at radius 2 is 1.21 bits per heavy atom. The van der Waals surface area contributed by atoms with Gasteiger partial charge in [0.05, 0.1) is 57.1 Å².